The zero-order valence-electron chi connectivity index (χ0n) is 27.7. The molecule has 3 aliphatic rings. The molecule has 2 saturated heterocycles. The van der Waals surface area contributed by atoms with Crippen molar-refractivity contribution in [3.8, 4) is 0 Å². The number of benzene rings is 1. The van der Waals surface area contributed by atoms with Gasteiger partial charge in [0.25, 0.3) is 5.91 Å². The summed E-state index contributed by atoms with van der Waals surface area (Å²) in [7, 11) is 0. The molecule has 3 amide bonds. The van der Waals surface area contributed by atoms with E-state index in [1.165, 1.54) is 5.56 Å². The summed E-state index contributed by atoms with van der Waals surface area (Å²) < 4.78 is 10.5. The number of ketones is 1. The third kappa shape index (κ3) is 12.0. The number of carbonyl (C=O) groups is 4. The Hall–Kier alpha value is -3.57. The third-order valence-electron chi connectivity index (χ3n) is 7.83. The molecule has 2 aromatic rings. The van der Waals surface area contributed by atoms with Gasteiger partial charge in [-0.1, -0.05) is 81.6 Å². The van der Waals surface area contributed by atoms with E-state index in [0.29, 0.717) is 37.7 Å². The van der Waals surface area contributed by atoms with Crippen LogP contribution in [0.25, 0.3) is 0 Å². The first-order chi connectivity index (χ1) is 21.5. The molecule has 1 aromatic carbocycles. The summed E-state index contributed by atoms with van der Waals surface area (Å²) in [5, 5.41) is 12.0. The zero-order chi connectivity index (χ0) is 33.0. The smallest absolute Gasteiger partial charge is 0.274 e. The lowest BCUT2D eigenvalue weighted by atomic mass is 9.93. The second kappa shape index (κ2) is 17.2. The first kappa shape index (κ1) is 35.9. The number of aryl methyl sites for hydroxylation is 1. The van der Waals surface area contributed by atoms with E-state index in [9.17, 15) is 19.2 Å². The van der Waals surface area contributed by atoms with Gasteiger partial charge in [0.15, 0.2) is 17.2 Å². The van der Waals surface area contributed by atoms with Crippen LogP contribution in [-0.2, 0) is 25.7 Å². The molecule has 0 radical (unpaired) electrons. The number of hydrogen-bond donors (Lipinski definition) is 3. The minimum Gasteiger partial charge on any atom is -0.361 e. The van der Waals surface area contributed by atoms with Crippen molar-refractivity contribution < 1.29 is 28.4 Å². The molecule has 3 heterocycles. The summed E-state index contributed by atoms with van der Waals surface area (Å²) in [6, 6.07) is 10.4. The molecule has 11 nitrogen and oxygen atoms in total. The number of likely N-dealkylation sites (tertiary alicyclic amines) is 1. The number of hydrogen-bond acceptors (Lipinski definition) is 8. The highest BCUT2D eigenvalue weighted by molar-refractivity contribution is 5.98. The van der Waals surface area contributed by atoms with Crippen molar-refractivity contribution in [3.63, 3.8) is 0 Å². The lowest BCUT2D eigenvalue weighted by Crippen LogP contribution is -2.52. The van der Waals surface area contributed by atoms with Crippen LogP contribution < -0.4 is 16.0 Å². The largest absolute Gasteiger partial charge is 0.361 e. The summed E-state index contributed by atoms with van der Waals surface area (Å²) in [4.78, 5) is 53.1. The van der Waals surface area contributed by atoms with E-state index in [1.54, 1.807) is 13.0 Å². The van der Waals surface area contributed by atoms with Crippen molar-refractivity contribution in [2.24, 2.45) is 11.8 Å². The molecule has 1 saturated carbocycles. The van der Waals surface area contributed by atoms with Crippen molar-refractivity contribution in [3.05, 3.63) is 53.4 Å². The Morgan fingerprint density at radius 1 is 1.04 bits per heavy atom. The SMILES string of the molecule is CC.CC(C)C[C@H](NC(=O)CNC(=O)[C@H](CC1CC1)NC(=O)c1cc(CN2CCC2)on1)C(=O)[C@@]1(C)CO1.Cc1ccccc1. The highest BCUT2D eigenvalue weighted by atomic mass is 16.6. The standard InChI is InChI=1S/C25H37N5O6.C7H8.C2H6/c1-15(2)9-18(22(32)25(3)14-35-25)27-21(31)12-26-23(33)19(10-16-5-6-16)28-24(34)20-11-17(36-29-20)13-30-7-4-8-30;1-7-5-3-2-4-6-7;1-2/h11,15-16,18-19H,4-10,12-14H2,1-3H3,(H,26,33)(H,27,31)(H,28,34);2-6H,1H3;1-2H3/t18-,19-,25+;;/m0../s1. The predicted octanol–water partition coefficient (Wildman–Crippen LogP) is 3.81. The number of rotatable bonds is 14. The van der Waals surface area contributed by atoms with Gasteiger partial charge >= 0.3 is 0 Å². The molecule has 3 atom stereocenters. The second-order valence-electron chi connectivity index (χ2n) is 12.5. The molecule has 1 aromatic heterocycles. The molecule has 3 fully saturated rings. The van der Waals surface area contributed by atoms with Gasteiger partial charge in [-0.3, -0.25) is 24.1 Å². The minimum absolute atomic E-state index is 0.127. The van der Waals surface area contributed by atoms with E-state index in [2.05, 4.69) is 45.1 Å². The van der Waals surface area contributed by atoms with Crippen LogP contribution in [0.1, 0.15) is 88.5 Å². The summed E-state index contributed by atoms with van der Waals surface area (Å²) in [6.45, 7) is 14.4. The van der Waals surface area contributed by atoms with Crippen LogP contribution in [0.5, 0.6) is 0 Å². The van der Waals surface area contributed by atoms with Crippen LogP contribution in [0.2, 0.25) is 0 Å². The summed E-state index contributed by atoms with van der Waals surface area (Å²) in [6.07, 6.45) is 4.13. The molecule has 0 unspecified atom stereocenters. The normalized spacial score (nSPS) is 19.8. The Labute approximate surface area is 267 Å². The number of ether oxygens (including phenoxy) is 1. The van der Waals surface area contributed by atoms with Gasteiger partial charge in [-0.2, -0.15) is 0 Å². The van der Waals surface area contributed by atoms with Gasteiger partial charge in [-0.25, -0.2) is 0 Å². The van der Waals surface area contributed by atoms with Crippen LogP contribution in [0.15, 0.2) is 40.9 Å². The molecule has 45 heavy (non-hydrogen) atoms. The molecule has 2 aliphatic heterocycles. The van der Waals surface area contributed by atoms with Crippen molar-refractivity contribution in [1.29, 1.82) is 0 Å². The average Bonchev–Trinajstić information content (AvgIpc) is 3.92. The van der Waals surface area contributed by atoms with Gasteiger partial charge in [0.2, 0.25) is 11.8 Å². The number of carbonyl (C=O) groups excluding carboxylic acids is 4. The van der Waals surface area contributed by atoms with Crippen LogP contribution in [0.4, 0.5) is 0 Å². The van der Waals surface area contributed by atoms with Gasteiger partial charge < -0.3 is 25.2 Å². The molecule has 11 heteroatoms. The van der Waals surface area contributed by atoms with Crippen LogP contribution in [0.3, 0.4) is 0 Å². The van der Waals surface area contributed by atoms with Gasteiger partial charge in [-0.05, 0) is 58.0 Å². The molecular weight excluding hydrogens is 574 g/mol. The zero-order valence-corrected chi connectivity index (χ0v) is 27.7. The Morgan fingerprint density at radius 3 is 2.22 bits per heavy atom. The number of epoxide rings is 1. The number of nitrogens with zero attached hydrogens (tertiary/aromatic N) is 2. The third-order valence-corrected chi connectivity index (χ3v) is 7.83. The van der Waals surface area contributed by atoms with E-state index in [0.717, 1.165) is 32.4 Å². The first-order valence-corrected chi connectivity index (χ1v) is 16.3. The van der Waals surface area contributed by atoms with E-state index in [4.69, 9.17) is 9.26 Å². The molecule has 0 bridgehead atoms. The summed E-state index contributed by atoms with van der Waals surface area (Å²) >= 11 is 0. The van der Waals surface area contributed by atoms with Gasteiger partial charge in [0.05, 0.1) is 25.7 Å². The lowest BCUT2D eigenvalue weighted by molar-refractivity contribution is -0.131. The maximum absolute atomic E-state index is 12.9. The molecule has 1 aliphatic carbocycles. The topological polar surface area (TPSA) is 146 Å². The Kier molecular flexibility index (Phi) is 13.7. The fourth-order valence-corrected chi connectivity index (χ4v) is 4.80. The monoisotopic (exact) mass is 625 g/mol. The first-order valence-electron chi connectivity index (χ1n) is 16.3. The predicted molar refractivity (Wildman–Crippen MR) is 171 cm³/mol. The van der Waals surface area contributed by atoms with Crippen LogP contribution >= 0.6 is 0 Å². The quantitative estimate of drug-likeness (QED) is 0.269. The summed E-state index contributed by atoms with van der Waals surface area (Å²) in [5.74, 6) is -0.390. The van der Waals surface area contributed by atoms with Crippen molar-refractivity contribution in [1.82, 2.24) is 26.0 Å². The Morgan fingerprint density at radius 2 is 1.71 bits per heavy atom. The molecule has 248 valence electrons. The van der Waals surface area contributed by atoms with Gasteiger partial charge in [-0.15, -0.1) is 0 Å². The minimum atomic E-state index is -0.841. The number of amides is 3. The lowest BCUT2D eigenvalue weighted by Gasteiger charge is -2.29. The maximum Gasteiger partial charge on any atom is 0.274 e. The fraction of sp³-hybridized carbons (Fsp3) is 0.618. The fourth-order valence-electron chi connectivity index (χ4n) is 4.80. The number of nitrogens with one attached hydrogen (secondary N) is 3. The number of Topliss-reactive ketones (excluding diaryl/α,β-unsaturated/α-hetero) is 1. The van der Waals surface area contributed by atoms with Crippen LogP contribution in [0, 0.1) is 18.8 Å². The second-order valence-corrected chi connectivity index (χ2v) is 12.5. The molecule has 5 rings (SSSR count). The van der Waals surface area contributed by atoms with E-state index in [1.807, 2.05) is 45.9 Å². The van der Waals surface area contributed by atoms with Crippen molar-refractivity contribution in [2.75, 3.05) is 26.2 Å². The highest BCUT2D eigenvalue weighted by Crippen LogP contribution is 2.33. The van der Waals surface area contributed by atoms with E-state index in [-0.39, 0.29) is 23.9 Å². The van der Waals surface area contributed by atoms with Crippen molar-refractivity contribution >= 4 is 23.5 Å². The molecule has 0 spiro atoms. The number of aromatic nitrogens is 1. The maximum atomic E-state index is 12.9. The molecular formula is C34H51N5O6. The van der Waals surface area contributed by atoms with E-state index >= 15 is 0 Å². The average molecular weight is 626 g/mol. The van der Waals surface area contributed by atoms with Crippen molar-refractivity contribution in [2.45, 2.75) is 97.9 Å². The Balaban J connectivity index is 0.000000534. The van der Waals surface area contributed by atoms with E-state index < -0.39 is 35.4 Å². The van der Waals surface area contributed by atoms with Gasteiger partial charge in [0, 0.05) is 6.07 Å². The highest BCUT2D eigenvalue weighted by Gasteiger charge is 2.50. The van der Waals surface area contributed by atoms with Gasteiger partial charge in [0.1, 0.15) is 11.6 Å². The summed E-state index contributed by atoms with van der Waals surface area (Å²) in [5.41, 5.74) is 0.608. The van der Waals surface area contributed by atoms with Crippen LogP contribution in [-0.4, -0.2) is 77.5 Å². The Bertz CT molecular complexity index is 1250. The molecule has 3 N–H and O–H groups in total.